The van der Waals surface area contributed by atoms with Crippen molar-refractivity contribution in [3.8, 4) is 5.75 Å². The van der Waals surface area contributed by atoms with Gasteiger partial charge in [0.15, 0.2) is 0 Å². The summed E-state index contributed by atoms with van der Waals surface area (Å²) < 4.78 is 24.2. The molecular formula is C13H10BrFO4. The van der Waals surface area contributed by atoms with Crippen molar-refractivity contribution in [1.29, 1.82) is 0 Å². The van der Waals surface area contributed by atoms with Crippen LogP contribution in [0.1, 0.15) is 21.9 Å². The lowest BCUT2D eigenvalue weighted by Crippen LogP contribution is -1.96. The molecule has 1 aromatic heterocycles. The predicted molar refractivity (Wildman–Crippen MR) is 68.8 cm³/mol. The number of rotatable bonds is 4. The maximum absolute atomic E-state index is 13.1. The van der Waals surface area contributed by atoms with Crippen LogP contribution in [0.15, 0.2) is 33.2 Å². The Morgan fingerprint density at radius 1 is 1.42 bits per heavy atom. The van der Waals surface area contributed by atoms with Gasteiger partial charge in [0.25, 0.3) is 0 Å². The minimum absolute atomic E-state index is 0.110. The Bertz CT molecular complexity index is 601. The number of aryl methyl sites for hydroxylation is 1. The fraction of sp³-hybridized carbons (Fsp3) is 0.154. The highest BCUT2D eigenvalue weighted by molar-refractivity contribution is 9.10. The summed E-state index contributed by atoms with van der Waals surface area (Å²) in [5.41, 5.74) is 0.609. The molecule has 0 unspecified atom stereocenters. The molecular weight excluding hydrogens is 319 g/mol. The van der Waals surface area contributed by atoms with E-state index >= 15 is 0 Å². The van der Waals surface area contributed by atoms with Crippen LogP contribution >= 0.6 is 15.9 Å². The zero-order chi connectivity index (χ0) is 14.0. The Kier molecular flexibility index (Phi) is 3.90. The van der Waals surface area contributed by atoms with Gasteiger partial charge < -0.3 is 14.3 Å². The summed E-state index contributed by atoms with van der Waals surface area (Å²) in [6, 6.07) is 5.58. The van der Waals surface area contributed by atoms with Crippen molar-refractivity contribution in [2.45, 2.75) is 13.5 Å². The average Bonchev–Trinajstić information content (AvgIpc) is 2.67. The van der Waals surface area contributed by atoms with Crippen LogP contribution in [-0.4, -0.2) is 11.1 Å². The van der Waals surface area contributed by atoms with Gasteiger partial charge in [-0.05, 0) is 25.1 Å². The van der Waals surface area contributed by atoms with Gasteiger partial charge in [0.2, 0.25) is 5.76 Å². The quantitative estimate of drug-likeness (QED) is 0.928. The normalized spacial score (nSPS) is 10.5. The Morgan fingerprint density at radius 3 is 2.74 bits per heavy atom. The van der Waals surface area contributed by atoms with E-state index in [9.17, 15) is 9.18 Å². The van der Waals surface area contributed by atoms with Gasteiger partial charge in [-0.3, -0.25) is 0 Å². The molecule has 4 nitrogen and oxygen atoms in total. The molecule has 0 aliphatic rings. The second kappa shape index (κ2) is 5.44. The number of ether oxygens (including phenoxy) is 1. The van der Waals surface area contributed by atoms with E-state index < -0.39 is 11.8 Å². The Morgan fingerprint density at radius 2 is 2.16 bits per heavy atom. The number of carboxylic acids is 1. The number of benzene rings is 1. The third-order valence-electron chi connectivity index (χ3n) is 2.46. The molecule has 0 amide bonds. The Labute approximate surface area is 116 Å². The van der Waals surface area contributed by atoms with Gasteiger partial charge in [-0.2, -0.15) is 0 Å². The lowest BCUT2D eigenvalue weighted by Gasteiger charge is -2.05. The van der Waals surface area contributed by atoms with Gasteiger partial charge in [0.05, 0.1) is 0 Å². The van der Waals surface area contributed by atoms with Gasteiger partial charge in [-0.1, -0.05) is 15.9 Å². The summed E-state index contributed by atoms with van der Waals surface area (Å²) in [6.07, 6.45) is 0. The number of carbonyl (C=O) groups is 1. The van der Waals surface area contributed by atoms with Gasteiger partial charge in [-0.25, -0.2) is 9.18 Å². The SMILES string of the molecule is Cc1oc(C(=O)O)cc1COc1cc(F)cc(Br)c1. The van der Waals surface area contributed by atoms with Gasteiger partial charge in [-0.15, -0.1) is 0 Å². The molecule has 1 heterocycles. The summed E-state index contributed by atoms with van der Waals surface area (Å²) in [7, 11) is 0. The maximum atomic E-state index is 13.1. The molecule has 2 rings (SSSR count). The molecule has 1 N–H and O–H groups in total. The largest absolute Gasteiger partial charge is 0.489 e. The molecule has 0 aliphatic heterocycles. The monoisotopic (exact) mass is 328 g/mol. The lowest BCUT2D eigenvalue weighted by atomic mass is 10.2. The van der Waals surface area contributed by atoms with E-state index in [-0.39, 0.29) is 12.4 Å². The minimum atomic E-state index is -1.14. The van der Waals surface area contributed by atoms with Crippen molar-refractivity contribution >= 4 is 21.9 Å². The molecule has 0 saturated carbocycles. The first-order valence-corrected chi connectivity index (χ1v) is 6.16. The second-order valence-electron chi connectivity index (χ2n) is 3.89. The van der Waals surface area contributed by atoms with Crippen LogP contribution in [0.25, 0.3) is 0 Å². The van der Waals surface area contributed by atoms with Crippen LogP contribution < -0.4 is 4.74 Å². The summed E-state index contributed by atoms with van der Waals surface area (Å²) in [6.45, 7) is 1.76. The number of hydrogen-bond acceptors (Lipinski definition) is 3. The van der Waals surface area contributed by atoms with Gasteiger partial charge in [0.1, 0.15) is 23.9 Å². The van der Waals surface area contributed by atoms with Crippen molar-refractivity contribution in [1.82, 2.24) is 0 Å². The number of carboxylic acid groups (broad SMARTS) is 1. The van der Waals surface area contributed by atoms with E-state index in [1.54, 1.807) is 13.0 Å². The van der Waals surface area contributed by atoms with Crippen molar-refractivity contribution < 1.29 is 23.4 Å². The molecule has 0 saturated heterocycles. The highest BCUT2D eigenvalue weighted by Gasteiger charge is 2.13. The first-order chi connectivity index (χ1) is 8.95. The second-order valence-corrected chi connectivity index (χ2v) is 4.81. The fourth-order valence-electron chi connectivity index (χ4n) is 1.54. The summed E-state index contributed by atoms with van der Waals surface area (Å²) in [4.78, 5) is 10.7. The zero-order valence-corrected chi connectivity index (χ0v) is 11.5. The highest BCUT2D eigenvalue weighted by Crippen LogP contribution is 2.23. The molecule has 0 spiro atoms. The third kappa shape index (κ3) is 3.35. The third-order valence-corrected chi connectivity index (χ3v) is 2.92. The molecule has 1 aromatic carbocycles. The van der Waals surface area contributed by atoms with E-state index in [1.165, 1.54) is 18.2 Å². The van der Waals surface area contributed by atoms with Crippen molar-refractivity contribution in [3.05, 3.63) is 51.6 Å². The number of halogens is 2. The van der Waals surface area contributed by atoms with E-state index in [0.29, 0.717) is 21.5 Å². The maximum Gasteiger partial charge on any atom is 0.371 e. The van der Waals surface area contributed by atoms with E-state index in [0.717, 1.165) is 0 Å². The fourth-order valence-corrected chi connectivity index (χ4v) is 1.99. The standard InChI is InChI=1S/C13H10BrFO4/c1-7-8(2-12(19-7)13(16)17)6-18-11-4-9(14)3-10(15)5-11/h2-5H,6H2,1H3,(H,16,17). The molecule has 19 heavy (non-hydrogen) atoms. The molecule has 0 fully saturated rings. The average molecular weight is 329 g/mol. The number of furan rings is 1. The molecule has 0 aliphatic carbocycles. The van der Waals surface area contributed by atoms with E-state index in [1.807, 2.05) is 0 Å². The summed E-state index contributed by atoms with van der Waals surface area (Å²) >= 11 is 3.16. The van der Waals surface area contributed by atoms with Crippen LogP contribution in [0.4, 0.5) is 4.39 Å². The Hall–Kier alpha value is -1.82. The summed E-state index contributed by atoms with van der Waals surface area (Å²) in [5.74, 6) is -0.879. The first kappa shape index (κ1) is 13.6. The lowest BCUT2D eigenvalue weighted by molar-refractivity contribution is 0.0661. The molecule has 2 aromatic rings. The highest BCUT2D eigenvalue weighted by atomic mass is 79.9. The van der Waals surface area contributed by atoms with E-state index in [2.05, 4.69) is 15.9 Å². The van der Waals surface area contributed by atoms with Crippen molar-refractivity contribution in [3.63, 3.8) is 0 Å². The van der Waals surface area contributed by atoms with Crippen LogP contribution in [0, 0.1) is 12.7 Å². The summed E-state index contributed by atoms with van der Waals surface area (Å²) in [5, 5.41) is 8.79. The van der Waals surface area contributed by atoms with Crippen molar-refractivity contribution in [2.75, 3.05) is 0 Å². The van der Waals surface area contributed by atoms with Gasteiger partial charge >= 0.3 is 5.97 Å². The van der Waals surface area contributed by atoms with Crippen LogP contribution in [-0.2, 0) is 6.61 Å². The molecule has 100 valence electrons. The predicted octanol–water partition coefficient (Wildman–Crippen LogP) is 3.77. The number of aromatic carboxylic acids is 1. The first-order valence-electron chi connectivity index (χ1n) is 5.37. The topological polar surface area (TPSA) is 59.7 Å². The molecule has 0 bridgehead atoms. The molecule has 0 radical (unpaired) electrons. The van der Waals surface area contributed by atoms with Gasteiger partial charge in [0, 0.05) is 16.1 Å². The molecule has 6 heteroatoms. The molecule has 0 atom stereocenters. The Balaban J connectivity index is 2.12. The van der Waals surface area contributed by atoms with E-state index in [4.69, 9.17) is 14.3 Å². The van der Waals surface area contributed by atoms with Crippen molar-refractivity contribution in [2.24, 2.45) is 0 Å². The van der Waals surface area contributed by atoms with Crippen LogP contribution in [0.5, 0.6) is 5.75 Å². The van der Waals surface area contributed by atoms with Crippen LogP contribution in [0.3, 0.4) is 0 Å². The zero-order valence-electron chi connectivity index (χ0n) is 9.94. The number of hydrogen-bond donors (Lipinski definition) is 1. The van der Waals surface area contributed by atoms with Crippen LogP contribution in [0.2, 0.25) is 0 Å². The minimum Gasteiger partial charge on any atom is -0.489 e. The smallest absolute Gasteiger partial charge is 0.371 e.